The van der Waals surface area contributed by atoms with Gasteiger partial charge in [-0.2, -0.15) is 4.99 Å². The van der Waals surface area contributed by atoms with Gasteiger partial charge in [-0.1, -0.05) is 25.0 Å². The van der Waals surface area contributed by atoms with Crippen LogP contribution in [0.25, 0.3) is 0 Å². The Kier molecular flexibility index (Phi) is 3.27. The van der Waals surface area contributed by atoms with Crippen molar-refractivity contribution in [2.75, 3.05) is 0 Å². The van der Waals surface area contributed by atoms with E-state index in [2.05, 4.69) is 4.99 Å². The van der Waals surface area contributed by atoms with Crippen molar-refractivity contribution in [2.45, 2.75) is 54.2 Å². The minimum absolute atomic E-state index is 0.193. The number of isocyanates is 1. The number of carbonyl (C=O) groups excluding carboxylic acids is 1. The highest BCUT2D eigenvalue weighted by Gasteiger charge is 2.38. The van der Waals surface area contributed by atoms with E-state index < -0.39 is 15.4 Å². The fourth-order valence-corrected chi connectivity index (χ4v) is 4.69. The van der Waals surface area contributed by atoms with Crippen molar-refractivity contribution in [1.82, 2.24) is 0 Å². The van der Waals surface area contributed by atoms with Crippen LogP contribution in [-0.4, -0.2) is 19.7 Å². The van der Waals surface area contributed by atoms with Crippen LogP contribution in [0.1, 0.15) is 44.1 Å². The molecule has 0 bridgehead atoms. The minimum atomic E-state index is -3.15. The average molecular weight is 291 g/mol. The summed E-state index contributed by atoms with van der Waals surface area (Å²) in [5.41, 5.74) is 0.442. The van der Waals surface area contributed by atoms with Gasteiger partial charge in [0.05, 0.1) is 15.7 Å². The molecule has 0 aliphatic heterocycles. The molecule has 5 heteroatoms. The lowest BCUT2D eigenvalue weighted by atomic mass is 9.89. The van der Waals surface area contributed by atoms with Gasteiger partial charge in [-0.05, 0) is 43.4 Å². The van der Waals surface area contributed by atoms with Crippen LogP contribution in [0.4, 0.5) is 0 Å². The van der Waals surface area contributed by atoms with Gasteiger partial charge >= 0.3 is 0 Å². The molecular weight excluding hydrogens is 274 g/mol. The van der Waals surface area contributed by atoms with Crippen LogP contribution in [0.5, 0.6) is 0 Å². The van der Waals surface area contributed by atoms with E-state index in [4.69, 9.17) is 0 Å². The van der Waals surface area contributed by atoms with E-state index in [-0.39, 0.29) is 5.25 Å². The molecule has 0 spiro atoms. The van der Waals surface area contributed by atoms with E-state index in [1.54, 1.807) is 30.3 Å². The van der Waals surface area contributed by atoms with Crippen molar-refractivity contribution >= 4 is 15.9 Å². The summed E-state index contributed by atoms with van der Waals surface area (Å²) in [5.74, 6) is 0. The monoisotopic (exact) mass is 291 g/mol. The summed E-state index contributed by atoms with van der Waals surface area (Å²) >= 11 is 0. The van der Waals surface area contributed by atoms with Crippen molar-refractivity contribution in [2.24, 2.45) is 4.99 Å². The summed E-state index contributed by atoms with van der Waals surface area (Å²) < 4.78 is 24.3. The van der Waals surface area contributed by atoms with E-state index in [1.165, 1.54) is 0 Å². The first kappa shape index (κ1) is 13.5. The average Bonchev–Trinajstić information content (AvgIpc) is 3.21. The molecule has 2 aliphatic rings. The van der Waals surface area contributed by atoms with Gasteiger partial charge in [0.2, 0.25) is 6.08 Å². The molecule has 4 nitrogen and oxygen atoms in total. The second-order valence-electron chi connectivity index (χ2n) is 5.71. The molecule has 1 aromatic rings. The Bertz CT molecular complexity index is 647. The number of benzene rings is 1. The maximum Gasteiger partial charge on any atom is 0.235 e. The zero-order valence-corrected chi connectivity index (χ0v) is 12.0. The van der Waals surface area contributed by atoms with Gasteiger partial charge in [-0.25, -0.2) is 13.2 Å². The van der Waals surface area contributed by atoms with Crippen molar-refractivity contribution in [1.29, 1.82) is 0 Å². The van der Waals surface area contributed by atoms with E-state index >= 15 is 0 Å². The third-order valence-corrected chi connectivity index (χ3v) is 6.65. The molecule has 0 radical (unpaired) electrons. The quantitative estimate of drug-likeness (QED) is 0.633. The summed E-state index contributed by atoms with van der Waals surface area (Å²) in [7, 11) is -3.15. The molecule has 0 heterocycles. The highest BCUT2D eigenvalue weighted by Crippen LogP contribution is 2.42. The predicted molar refractivity (Wildman–Crippen MR) is 74.9 cm³/mol. The van der Waals surface area contributed by atoms with Crippen LogP contribution in [-0.2, 0) is 20.2 Å². The lowest BCUT2D eigenvalue weighted by Crippen LogP contribution is -2.19. The molecular formula is C15H17NO3S. The van der Waals surface area contributed by atoms with E-state index in [1.807, 2.05) is 0 Å². The van der Waals surface area contributed by atoms with Crippen LogP contribution in [0.3, 0.4) is 0 Å². The van der Waals surface area contributed by atoms with Gasteiger partial charge in [0, 0.05) is 0 Å². The fraction of sp³-hybridized carbons (Fsp3) is 0.533. The van der Waals surface area contributed by atoms with Crippen molar-refractivity contribution in [3.05, 3.63) is 29.8 Å². The molecule has 3 rings (SSSR count). The first-order chi connectivity index (χ1) is 9.58. The first-order valence-corrected chi connectivity index (χ1v) is 8.57. The molecule has 0 amide bonds. The van der Waals surface area contributed by atoms with Crippen molar-refractivity contribution < 1.29 is 13.2 Å². The SMILES string of the molecule is O=C=NC1(c2ccc(S(=O)(=O)C3CC3)cc2)CCCC1. The molecule has 20 heavy (non-hydrogen) atoms. The van der Waals surface area contributed by atoms with E-state index in [0.29, 0.717) is 4.90 Å². The zero-order chi connectivity index (χ0) is 14.2. The number of nitrogens with zero attached hydrogens (tertiary/aromatic N) is 1. The first-order valence-electron chi connectivity index (χ1n) is 7.02. The van der Waals surface area contributed by atoms with Crippen LogP contribution in [0, 0.1) is 0 Å². The number of hydrogen-bond acceptors (Lipinski definition) is 4. The molecule has 106 valence electrons. The fourth-order valence-electron chi connectivity index (χ4n) is 3.04. The largest absolute Gasteiger partial charge is 0.235 e. The minimum Gasteiger partial charge on any atom is -0.223 e. The molecule has 2 saturated carbocycles. The third kappa shape index (κ3) is 2.21. The molecule has 1 aromatic carbocycles. The Labute approximate surface area is 118 Å². The van der Waals surface area contributed by atoms with Crippen LogP contribution < -0.4 is 0 Å². The standard InChI is InChI=1S/C15H17NO3S/c17-11-16-15(9-1-2-10-15)12-3-5-13(6-4-12)20(18,19)14-7-8-14/h3-6,14H,1-2,7-10H2. The Morgan fingerprint density at radius 3 is 2.20 bits per heavy atom. The second kappa shape index (κ2) is 4.83. The number of rotatable bonds is 4. The molecule has 0 atom stereocenters. The Hall–Kier alpha value is -1.45. The third-order valence-electron chi connectivity index (χ3n) is 4.37. The van der Waals surface area contributed by atoms with Gasteiger partial charge in [0.15, 0.2) is 9.84 Å². The maximum absolute atomic E-state index is 12.1. The zero-order valence-electron chi connectivity index (χ0n) is 11.2. The number of aliphatic imine (C=N–C) groups is 1. The second-order valence-corrected chi connectivity index (χ2v) is 7.94. The van der Waals surface area contributed by atoms with Crippen LogP contribution in [0.2, 0.25) is 0 Å². The summed E-state index contributed by atoms with van der Waals surface area (Å²) in [4.78, 5) is 15.1. The van der Waals surface area contributed by atoms with Gasteiger partial charge in [0.25, 0.3) is 0 Å². The van der Waals surface area contributed by atoms with Crippen molar-refractivity contribution in [3.8, 4) is 0 Å². The molecule has 0 saturated heterocycles. The van der Waals surface area contributed by atoms with Crippen LogP contribution in [0.15, 0.2) is 34.2 Å². The van der Waals surface area contributed by atoms with Gasteiger partial charge < -0.3 is 0 Å². The topological polar surface area (TPSA) is 63.6 Å². The lowest BCUT2D eigenvalue weighted by molar-refractivity contribution is 0.455. The smallest absolute Gasteiger partial charge is 0.223 e. The Balaban J connectivity index is 1.95. The van der Waals surface area contributed by atoms with Gasteiger partial charge in [0.1, 0.15) is 0 Å². The molecule has 2 aliphatic carbocycles. The highest BCUT2D eigenvalue weighted by molar-refractivity contribution is 7.92. The summed E-state index contributed by atoms with van der Waals surface area (Å²) in [5, 5.41) is -0.193. The van der Waals surface area contributed by atoms with Crippen LogP contribution >= 0.6 is 0 Å². The van der Waals surface area contributed by atoms with Crippen molar-refractivity contribution in [3.63, 3.8) is 0 Å². The number of sulfone groups is 1. The highest BCUT2D eigenvalue weighted by atomic mass is 32.2. The Morgan fingerprint density at radius 1 is 1.10 bits per heavy atom. The maximum atomic E-state index is 12.1. The summed E-state index contributed by atoms with van der Waals surface area (Å²) in [6.07, 6.45) is 6.94. The lowest BCUT2D eigenvalue weighted by Gasteiger charge is -2.22. The summed E-state index contributed by atoms with van der Waals surface area (Å²) in [6, 6.07) is 6.93. The number of hydrogen-bond donors (Lipinski definition) is 0. The normalized spacial score (nSPS) is 21.4. The molecule has 0 unspecified atom stereocenters. The predicted octanol–water partition coefficient (Wildman–Crippen LogP) is 2.73. The van der Waals surface area contributed by atoms with Gasteiger partial charge in [-0.3, -0.25) is 0 Å². The molecule has 0 N–H and O–H groups in total. The van der Waals surface area contributed by atoms with E-state index in [9.17, 15) is 13.2 Å². The van der Waals surface area contributed by atoms with E-state index in [0.717, 1.165) is 44.1 Å². The molecule has 2 fully saturated rings. The molecule has 0 aromatic heterocycles. The Morgan fingerprint density at radius 2 is 1.70 bits per heavy atom. The summed E-state index contributed by atoms with van der Waals surface area (Å²) in [6.45, 7) is 0. The van der Waals surface area contributed by atoms with Gasteiger partial charge in [-0.15, -0.1) is 0 Å².